The largest absolute Gasteiger partial charge is 0.530 e. The number of carbonyl (C=O) groups excluding carboxylic acids is 1. The van der Waals surface area contributed by atoms with Gasteiger partial charge in [0.25, 0.3) is 0 Å². The smallest absolute Gasteiger partial charge is 0.134 e. The first-order valence-corrected chi connectivity index (χ1v) is 10.9. The van der Waals surface area contributed by atoms with Gasteiger partial charge in [-0.1, -0.05) is 64.7 Å². The van der Waals surface area contributed by atoms with Crippen LogP contribution in [0.1, 0.15) is 91.9 Å². The highest BCUT2D eigenvalue weighted by molar-refractivity contribution is 8.93. The number of aliphatic hydroxyl groups is 1. The Morgan fingerprint density at radius 1 is 0.815 bits per heavy atom. The summed E-state index contributed by atoms with van der Waals surface area (Å²) in [6, 6.07) is 0. The molecule has 2 N–H and O–H groups in total. The normalized spacial score (nSPS) is 10.6. The van der Waals surface area contributed by atoms with Crippen LogP contribution in [0.25, 0.3) is 0 Å². The van der Waals surface area contributed by atoms with Gasteiger partial charge in [0.1, 0.15) is 12.6 Å². The summed E-state index contributed by atoms with van der Waals surface area (Å²) in [4.78, 5) is 10.0. The van der Waals surface area contributed by atoms with Crippen molar-refractivity contribution in [1.82, 2.24) is 5.32 Å². The van der Waals surface area contributed by atoms with Crippen molar-refractivity contribution in [2.75, 3.05) is 39.3 Å². The van der Waals surface area contributed by atoms with Gasteiger partial charge < -0.3 is 24.8 Å². The van der Waals surface area contributed by atoms with Crippen molar-refractivity contribution in [1.29, 1.82) is 0 Å². The first-order valence-electron chi connectivity index (χ1n) is 10.9. The fourth-order valence-corrected chi connectivity index (χ4v) is 3.16. The van der Waals surface area contributed by atoms with E-state index >= 15 is 0 Å². The van der Waals surface area contributed by atoms with E-state index in [1.54, 1.807) is 0 Å². The van der Waals surface area contributed by atoms with Crippen molar-refractivity contribution in [2.45, 2.75) is 91.9 Å². The van der Waals surface area contributed by atoms with Crippen LogP contribution < -0.4 is 10.4 Å². The number of quaternary nitrogens is 1. The molecule has 0 fully saturated rings. The summed E-state index contributed by atoms with van der Waals surface area (Å²) in [6.07, 6.45) is 11.5. The Labute approximate surface area is 179 Å². The minimum Gasteiger partial charge on any atom is -0.530 e. The van der Waals surface area contributed by atoms with E-state index in [0.717, 1.165) is 43.5 Å². The molecule has 0 aliphatic heterocycles. The van der Waals surface area contributed by atoms with Crippen LogP contribution in [0, 0.1) is 0 Å². The number of hydrogen-bond donors (Lipinski definition) is 2. The summed E-state index contributed by atoms with van der Waals surface area (Å²) < 4.78 is 1.05. The second-order valence-electron chi connectivity index (χ2n) is 7.13. The average molecular weight is 456 g/mol. The Balaban J connectivity index is -0.000000454. The number of halogens is 1. The van der Waals surface area contributed by atoms with Crippen molar-refractivity contribution >= 4 is 23.1 Å². The van der Waals surface area contributed by atoms with Gasteiger partial charge in [0.2, 0.25) is 0 Å². The molecule has 166 valence electrons. The van der Waals surface area contributed by atoms with E-state index in [4.69, 9.17) is 5.11 Å². The molecule has 0 rings (SSSR count). The lowest BCUT2D eigenvalue weighted by Gasteiger charge is -2.34. The summed E-state index contributed by atoms with van der Waals surface area (Å²) in [5, 5.41) is 21.1. The van der Waals surface area contributed by atoms with Crippen LogP contribution in [0.3, 0.4) is 0 Å². The Morgan fingerprint density at radius 3 is 1.52 bits per heavy atom. The molecule has 5 nitrogen and oxygen atoms in total. The topological polar surface area (TPSA) is 72.4 Å². The lowest BCUT2D eigenvalue weighted by atomic mass is 10.1. The van der Waals surface area contributed by atoms with Gasteiger partial charge >= 0.3 is 0 Å². The molecule has 0 unspecified atom stereocenters. The predicted octanol–water partition coefficient (Wildman–Crippen LogP) is 4.27. The summed E-state index contributed by atoms with van der Waals surface area (Å²) in [5.41, 5.74) is 0. The van der Waals surface area contributed by atoms with E-state index in [-0.39, 0.29) is 17.0 Å². The predicted molar refractivity (Wildman–Crippen MR) is 119 cm³/mol. The molecule has 0 saturated carbocycles. The van der Waals surface area contributed by atoms with Crippen molar-refractivity contribution in [3.8, 4) is 0 Å². The molecule has 0 spiro atoms. The van der Waals surface area contributed by atoms with Gasteiger partial charge in [0.05, 0.1) is 26.2 Å². The highest BCUT2D eigenvalue weighted by Crippen LogP contribution is 2.10. The Morgan fingerprint density at radius 2 is 1.22 bits per heavy atom. The molecule has 0 radical (unpaired) electrons. The second-order valence-corrected chi connectivity index (χ2v) is 7.13. The monoisotopic (exact) mass is 454 g/mol. The summed E-state index contributed by atoms with van der Waals surface area (Å²) in [6.45, 7) is 13.9. The number of carbonyl (C=O) groups is 1. The molecule has 0 aliphatic rings. The maximum atomic E-state index is 10.0. The summed E-state index contributed by atoms with van der Waals surface area (Å²) >= 11 is 0. The molecular weight excluding hydrogens is 408 g/mol. The van der Waals surface area contributed by atoms with Gasteiger partial charge in [-0.3, -0.25) is 0 Å². The molecule has 0 saturated heterocycles. The SMILES string of the molecule is Br.CCCCCCCCCCCCNC(=O)[O-].CC[N+](CC)(CC)CCO. The maximum absolute atomic E-state index is 10.0. The van der Waals surface area contributed by atoms with E-state index in [9.17, 15) is 9.90 Å². The van der Waals surface area contributed by atoms with Crippen molar-refractivity contribution in [2.24, 2.45) is 0 Å². The van der Waals surface area contributed by atoms with E-state index in [1.165, 1.54) is 51.4 Å². The van der Waals surface area contributed by atoms with E-state index in [1.807, 2.05) is 0 Å². The van der Waals surface area contributed by atoms with Crippen LogP contribution in [0.15, 0.2) is 0 Å². The molecule has 6 heteroatoms. The molecule has 27 heavy (non-hydrogen) atoms. The standard InChI is InChI=1S/C13H27NO2.C8H20NO.BrH/c1-2-3-4-5-6-7-8-9-10-11-12-14-13(15)16;1-4-9(5-2,6-3)7-8-10;/h14H,2-12H2,1H3,(H,15,16);10H,4-8H2,1-3H3;1H/q;+1;/p-1. The van der Waals surface area contributed by atoms with Crippen molar-refractivity contribution in [3.63, 3.8) is 0 Å². The average Bonchev–Trinajstić information content (AvgIpc) is 2.64. The zero-order chi connectivity index (χ0) is 20.1. The van der Waals surface area contributed by atoms with Crippen LogP contribution in [-0.4, -0.2) is 55.0 Å². The fraction of sp³-hybridized carbons (Fsp3) is 0.952. The molecular formula is C21H47BrN2O3. The van der Waals surface area contributed by atoms with Crippen LogP contribution in [-0.2, 0) is 0 Å². The number of rotatable bonds is 16. The quantitative estimate of drug-likeness (QED) is 0.270. The van der Waals surface area contributed by atoms with E-state index in [2.05, 4.69) is 33.0 Å². The van der Waals surface area contributed by atoms with Crippen LogP contribution in [0.4, 0.5) is 4.79 Å². The summed E-state index contributed by atoms with van der Waals surface area (Å²) in [7, 11) is 0. The number of likely N-dealkylation sites (N-methyl/N-ethyl adjacent to an activating group) is 1. The fourth-order valence-electron chi connectivity index (χ4n) is 3.16. The van der Waals surface area contributed by atoms with Crippen molar-refractivity contribution in [3.05, 3.63) is 0 Å². The highest BCUT2D eigenvalue weighted by Gasteiger charge is 2.18. The minimum absolute atomic E-state index is 0. The molecule has 1 amide bonds. The molecule has 0 aliphatic carbocycles. The third-order valence-corrected chi connectivity index (χ3v) is 5.39. The molecule has 0 heterocycles. The molecule has 0 bridgehead atoms. The van der Waals surface area contributed by atoms with Crippen LogP contribution >= 0.6 is 17.0 Å². The van der Waals surface area contributed by atoms with Gasteiger partial charge in [-0.15, -0.1) is 17.0 Å². The van der Waals surface area contributed by atoms with Crippen LogP contribution in [0.5, 0.6) is 0 Å². The van der Waals surface area contributed by atoms with Gasteiger partial charge in [-0.05, 0) is 27.2 Å². The second kappa shape index (κ2) is 23.7. The minimum atomic E-state index is -1.16. The maximum Gasteiger partial charge on any atom is 0.134 e. The molecule has 0 atom stereocenters. The van der Waals surface area contributed by atoms with Gasteiger partial charge in [0.15, 0.2) is 0 Å². The zero-order valence-corrected chi connectivity index (χ0v) is 20.1. The van der Waals surface area contributed by atoms with Crippen LogP contribution in [0.2, 0.25) is 0 Å². The van der Waals surface area contributed by atoms with Gasteiger partial charge in [-0.2, -0.15) is 0 Å². The Hall–Kier alpha value is -0.330. The third-order valence-electron chi connectivity index (χ3n) is 5.39. The number of amides is 1. The number of hydrogen-bond acceptors (Lipinski definition) is 3. The lowest BCUT2D eigenvalue weighted by Crippen LogP contribution is -2.49. The number of unbranched alkanes of at least 4 members (excludes halogenated alkanes) is 9. The number of nitrogens with zero attached hydrogens (tertiary/aromatic N) is 1. The summed E-state index contributed by atoms with van der Waals surface area (Å²) in [5.74, 6) is 0. The van der Waals surface area contributed by atoms with E-state index < -0.39 is 6.09 Å². The number of nitrogens with one attached hydrogen (secondary N) is 1. The third kappa shape index (κ3) is 21.8. The Bertz CT molecular complexity index is 293. The Kier molecular flexibility index (Phi) is 27.5. The molecule has 0 aromatic heterocycles. The highest BCUT2D eigenvalue weighted by atomic mass is 79.9. The number of carboxylic acid groups (broad SMARTS) is 1. The van der Waals surface area contributed by atoms with Gasteiger partial charge in [0, 0.05) is 6.54 Å². The zero-order valence-electron chi connectivity index (χ0n) is 18.4. The first kappa shape index (κ1) is 31.4. The van der Waals surface area contributed by atoms with Gasteiger partial charge in [-0.25, -0.2) is 0 Å². The van der Waals surface area contributed by atoms with E-state index in [0.29, 0.717) is 13.2 Å². The lowest BCUT2D eigenvalue weighted by molar-refractivity contribution is -0.923. The molecule has 0 aromatic rings. The van der Waals surface area contributed by atoms with Crippen molar-refractivity contribution < 1.29 is 19.5 Å². The molecule has 0 aromatic carbocycles. The first-order chi connectivity index (χ1) is 12.5. The number of aliphatic hydroxyl groups excluding tert-OH is 1.